The summed E-state index contributed by atoms with van der Waals surface area (Å²) in [4.78, 5) is 36.3. The van der Waals surface area contributed by atoms with Gasteiger partial charge in [0, 0.05) is 25.4 Å². The number of hydrogen-bond donors (Lipinski definition) is 2. The fraction of sp³-hybridized carbons (Fsp3) is 0.500. The van der Waals surface area contributed by atoms with Crippen molar-refractivity contribution < 1.29 is 14.4 Å². The van der Waals surface area contributed by atoms with E-state index in [0.717, 1.165) is 31.4 Å². The molecule has 144 valence electrons. The van der Waals surface area contributed by atoms with E-state index in [4.69, 9.17) is 0 Å². The normalized spacial score (nSPS) is 19.7. The van der Waals surface area contributed by atoms with Crippen molar-refractivity contribution in [2.75, 3.05) is 18.1 Å². The molecule has 1 aliphatic carbocycles. The minimum Gasteiger partial charge on any atom is -0.354 e. The van der Waals surface area contributed by atoms with Gasteiger partial charge in [-0.05, 0) is 31.9 Å². The molecule has 0 bridgehead atoms. The fourth-order valence-electron chi connectivity index (χ4n) is 3.58. The molecule has 1 unspecified atom stereocenters. The molecule has 1 atom stereocenters. The van der Waals surface area contributed by atoms with Crippen LogP contribution in [-0.2, 0) is 14.4 Å². The monoisotopic (exact) mass is 370 g/mol. The second-order valence-electron chi connectivity index (χ2n) is 7.09. The van der Waals surface area contributed by atoms with Crippen molar-refractivity contribution in [2.24, 2.45) is 11.0 Å². The zero-order chi connectivity index (χ0) is 19.2. The van der Waals surface area contributed by atoms with E-state index in [2.05, 4.69) is 15.7 Å². The first kappa shape index (κ1) is 19.1. The minimum atomic E-state index is -0.463. The van der Waals surface area contributed by atoms with E-state index in [1.807, 2.05) is 30.3 Å². The number of Topliss-reactive ketones (excluding diaryl/α,β-unsaturated/α-hetero) is 1. The van der Waals surface area contributed by atoms with Gasteiger partial charge in [-0.25, -0.2) is 0 Å². The number of ketones is 1. The molecule has 7 heteroatoms. The topological polar surface area (TPSA) is 90.9 Å². The van der Waals surface area contributed by atoms with Crippen LogP contribution in [0.3, 0.4) is 0 Å². The summed E-state index contributed by atoms with van der Waals surface area (Å²) in [6.07, 6.45) is 4.42. The van der Waals surface area contributed by atoms with Gasteiger partial charge in [0.2, 0.25) is 5.91 Å². The first-order valence-electron chi connectivity index (χ1n) is 9.54. The molecule has 1 aromatic carbocycles. The van der Waals surface area contributed by atoms with Gasteiger partial charge >= 0.3 is 0 Å². The molecule has 7 nitrogen and oxygen atoms in total. The van der Waals surface area contributed by atoms with Crippen LogP contribution in [-0.4, -0.2) is 42.4 Å². The third kappa shape index (κ3) is 4.72. The highest BCUT2D eigenvalue weighted by Crippen LogP contribution is 2.25. The van der Waals surface area contributed by atoms with Crippen molar-refractivity contribution in [3.05, 3.63) is 30.3 Å². The molecule has 2 amide bonds. The summed E-state index contributed by atoms with van der Waals surface area (Å²) in [5, 5.41) is 11.6. The molecule has 0 radical (unpaired) electrons. The summed E-state index contributed by atoms with van der Waals surface area (Å²) in [5.74, 6) is -0.133. The summed E-state index contributed by atoms with van der Waals surface area (Å²) < 4.78 is 0. The Labute approximate surface area is 159 Å². The number of benzene rings is 1. The second kappa shape index (κ2) is 8.79. The Morgan fingerprint density at radius 1 is 1.07 bits per heavy atom. The predicted octanol–water partition coefficient (Wildman–Crippen LogP) is 1.63. The number of rotatable bonds is 7. The molecule has 0 saturated heterocycles. The summed E-state index contributed by atoms with van der Waals surface area (Å²) in [6.45, 7) is 2.24. The lowest BCUT2D eigenvalue weighted by molar-refractivity contribution is -0.125. The largest absolute Gasteiger partial charge is 0.354 e. The Bertz CT molecular complexity index is 726. The lowest BCUT2D eigenvalue weighted by Crippen LogP contribution is -2.39. The number of anilines is 1. The van der Waals surface area contributed by atoms with Crippen LogP contribution in [0.25, 0.3) is 0 Å². The van der Waals surface area contributed by atoms with Crippen LogP contribution in [0, 0.1) is 5.92 Å². The Hall–Kier alpha value is -2.70. The van der Waals surface area contributed by atoms with Crippen LogP contribution >= 0.6 is 0 Å². The highest BCUT2D eigenvalue weighted by molar-refractivity contribution is 6.40. The number of hydrogen-bond acceptors (Lipinski definition) is 5. The Morgan fingerprint density at radius 2 is 1.74 bits per heavy atom. The van der Waals surface area contributed by atoms with Crippen molar-refractivity contribution in [1.82, 2.24) is 10.6 Å². The molecular formula is C20H26N4O3. The highest BCUT2D eigenvalue weighted by atomic mass is 16.2. The van der Waals surface area contributed by atoms with Gasteiger partial charge in [-0.15, -0.1) is 0 Å². The first-order valence-corrected chi connectivity index (χ1v) is 9.54. The Kier molecular flexibility index (Phi) is 6.21. The molecule has 2 aliphatic rings. The number of hydrazone groups is 1. The molecule has 1 fully saturated rings. The van der Waals surface area contributed by atoms with E-state index >= 15 is 0 Å². The Morgan fingerprint density at radius 3 is 2.41 bits per heavy atom. The van der Waals surface area contributed by atoms with E-state index < -0.39 is 6.04 Å². The molecule has 1 aliphatic heterocycles. The molecule has 0 aromatic heterocycles. The van der Waals surface area contributed by atoms with Crippen molar-refractivity contribution >= 4 is 29.0 Å². The third-order valence-corrected chi connectivity index (χ3v) is 5.10. The maximum Gasteiger partial charge on any atom is 0.267 e. The van der Waals surface area contributed by atoms with Gasteiger partial charge in [-0.1, -0.05) is 31.0 Å². The van der Waals surface area contributed by atoms with Crippen molar-refractivity contribution in [3.63, 3.8) is 0 Å². The van der Waals surface area contributed by atoms with Crippen molar-refractivity contribution in [3.8, 4) is 0 Å². The van der Waals surface area contributed by atoms with Crippen LogP contribution in [0.1, 0.15) is 39.0 Å². The highest BCUT2D eigenvalue weighted by Gasteiger charge is 2.34. The minimum absolute atomic E-state index is 0.0331. The fourth-order valence-corrected chi connectivity index (χ4v) is 3.58. The van der Waals surface area contributed by atoms with Crippen LogP contribution < -0.4 is 15.6 Å². The lowest BCUT2D eigenvalue weighted by atomic mass is 10.1. The summed E-state index contributed by atoms with van der Waals surface area (Å²) in [5.41, 5.74) is 1.12. The molecular weight excluding hydrogens is 344 g/mol. The van der Waals surface area contributed by atoms with Gasteiger partial charge in [0.1, 0.15) is 11.8 Å². The summed E-state index contributed by atoms with van der Waals surface area (Å²) >= 11 is 0. The standard InChI is InChI=1S/C20H26N4O3/c1-14(25)18-13-17(23-24(18)16-9-3-2-4-10-16)20(27)22-12-11-21-19(26)15-7-5-6-8-15/h2-4,9-10,15,18H,5-8,11-13H2,1H3,(H,21,26)(H,22,27). The van der Waals surface area contributed by atoms with Crippen molar-refractivity contribution in [1.29, 1.82) is 0 Å². The number of carbonyl (C=O) groups excluding carboxylic acids is 3. The molecule has 1 heterocycles. The number of nitrogens with one attached hydrogen (secondary N) is 2. The number of nitrogens with zero attached hydrogens (tertiary/aromatic N) is 2. The summed E-state index contributed by atoms with van der Waals surface area (Å²) in [6, 6.07) is 8.88. The van der Waals surface area contributed by atoms with Gasteiger partial charge in [0.15, 0.2) is 5.78 Å². The maximum atomic E-state index is 12.4. The lowest BCUT2D eigenvalue weighted by Gasteiger charge is -2.20. The number of amides is 2. The van der Waals surface area contributed by atoms with Gasteiger partial charge in [-0.3, -0.25) is 19.4 Å². The van der Waals surface area contributed by atoms with Crippen LogP contribution in [0.2, 0.25) is 0 Å². The van der Waals surface area contributed by atoms with E-state index in [1.165, 1.54) is 6.92 Å². The second-order valence-corrected chi connectivity index (χ2v) is 7.09. The molecule has 0 spiro atoms. The zero-order valence-corrected chi connectivity index (χ0v) is 15.6. The van der Waals surface area contributed by atoms with Crippen LogP contribution in [0.5, 0.6) is 0 Å². The van der Waals surface area contributed by atoms with E-state index in [1.54, 1.807) is 5.01 Å². The predicted molar refractivity (Wildman–Crippen MR) is 103 cm³/mol. The molecule has 3 rings (SSSR count). The number of para-hydroxylation sites is 1. The maximum absolute atomic E-state index is 12.4. The van der Waals surface area contributed by atoms with Crippen molar-refractivity contribution in [2.45, 2.75) is 45.1 Å². The van der Waals surface area contributed by atoms with Crippen LogP contribution in [0.4, 0.5) is 5.69 Å². The van der Waals surface area contributed by atoms with Gasteiger partial charge in [0.25, 0.3) is 5.91 Å². The molecule has 27 heavy (non-hydrogen) atoms. The Balaban J connectivity index is 1.51. The van der Waals surface area contributed by atoms with E-state index in [-0.39, 0.29) is 29.9 Å². The van der Waals surface area contributed by atoms with E-state index in [9.17, 15) is 14.4 Å². The van der Waals surface area contributed by atoms with Gasteiger partial charge in [-0.2, -0.15) is 5.10 Å². The number of carbonyl (C=O) groups is 3. The average molecular weight is 370 g/mol. The SMILES string of the molecule is CC(=O)C1CC(C(=O)NCCNC(=O)C2CCCC2)=NN1c1ccccc1. The first-order chi connectivity index (χ1) is 13.1. The van der Waals surface area contributed by atoms with E-state index in [0.29, 0.717) is 18.8 Å². The van der Waals surface area contributed by atoms with Crippen LogP contribution in [0.15, 0.2) is 35.4 Å². The molecule has 2 N–H and O–H groups in total. The summed E-state index contributed by atoms with van der Waals surface area (Å²) in [7, 11) is 0. The van der Waals surface area contributed by atoms with Gasteiger partial charge in [0.05, 0.1) is 5.69 Å². The third-order valence-electron chi connectivity index (χ3n) is 5.10. The average Bonchev–Trinajstić information content (AvgIpc) is 3.35. The quantitative estimate of drug-likeness (QED) is 0.714. The van der Waals surface area contributed by atoms with Gasteiger partial charge < -0.3 is 10.6 Å². The molecule has 1 saturated carbocycles. The zero-order valence-electron chi connectivity index (χ0n) is 15.6. The molecule has 1 aromatic rings. The smallest absolute Gasteiger partial charge is 0.267 e.